The molecule has 0 spiro atoms. The summed E-state index contributed by atoms with van der Waals surface area (Å²) in [5, 5.41) is 6.19. The van der Waals surface area contributed by atoms with Crippen molar-refractivity contribution in [2.24, 2.45) is 0 Å². The van der Waals surface area contributed by atoms with Gasteiger partial charge in [0.2, 0.25) is 0 Å². The normalized spacial score (nSPS) is 10.0. The van der Waals surface area contributed by atoms with Crippen molar-refractivity contribution >= 4 is 29.0 Å². The molecule has 2 aromatic rings. The van der Waals surface area contributed by atoms with Gasteiger partial charge >= 0.3 is 6.03 Å². The molecule has 2 aromatic carbocycles. The summed E-state index contributed by atoms with van der Waals surface area (Å²) in [6, 6.07) is 12.2. The predicted octanol–water partition coefficient (Wildman–Crippen LogP) is 4.69. The first-order chi connectivity index (χ1) is 10.1. The van der Waals surface area contributed by atoms with E-state index in [4.69, 9.17) is 16.3 Å². The summed E-state index contributed by atoms with van der Waals surface area (Å²) >= 11 is 5.88. The van der Waals surface area contributed by atoms with Crippen LogP contribution in [-0.4, -0.2) is 12.6 Å². The van der Waals surface area contributed by atoms with E-state index in [-0.39, 0.29) is 6.03 Å². The molecule has 0 aliphatic rings. The number of carbonyl (C=O) groups is 1. The Morgan fingerprint density at radius 2 is 1.86 bits per heavy atom. The van der Waals surface area contributed by atoms with Gasteiger partial charge in [-0.25, -0.2) is 4.79 Å². The molecule has 0 aliphatic heterocycles. The number of ether oxygens (including phenoxy) is 1. The molecule has 0 radical (unpaired) electrons. The standard InChI is InChI=1S/C16H17ClN2O2/c1-3-21-14-7-5-13(6-8-14)18-16(20)19-15-9-4-12(17)10-11(15)2/h4-10H,3H2,1-2H3,(H2,18,19,20). The lowest BCUT2D eigenvalue weighted by Gasteiger charge is -2.10. The van der Waals surface area contributed by atoms with E-state index in [9.17, 15) is 4.79 Å². The van der Waals surface area contributed by atoms with Gasteiger partial charge in [0.15, 0.2) is 0 Å². The van der Waals surface area contributed by atoms with Gasteiger partial charge in [-0.05, 0) is 61.9 Å². The maximum atomic E-state index is 11.9. The first kappa shape index (κ1) is 15.2. The average Bonchev–Trinajstić information content (AvgIpc) is 2.44. The van der Waals surface area contributed by atoms with Gasteiger partial charge < -0.3 is 15.4 Å². The Balaban J connectivity index is 1.98. The molecule has 0 fully saturated rings. The highest BCUT2D eigenvalue weighted by Gasteiger charge is 2.05. The average molecular weight is 305 g/mol. The summed E-state index contributed by atoms with van der Waals surface area (Å²) in [5.74, 6) is 0.775. The molecule has 0 saturated heterocycles. The number of halogens is 1. The fourth-order valence-electron chi connectivity index (χ4n) is 1.85. The molecule has 4 nitrogen and oxygen atoms in total. The van der Waals surface area contributed by atoms with Crippen molar-refractivity contribution in [2.75, 3.05) is 17.2 Å². The number of nitrogens with one attached hydrogen (secondary N) is 2. The smallest absolute Gasteiger partial charge is 0.323 e. The van der Waals surface area contributed by atoms with E-state index in [2.05, 4.69) is 10.6 Å². The van der Waals surface area contributed by atoms with Crippen LogP contribution in [0.25, 0.3) is 0 Å². The first-order valence-corrected chi connectivity index (χ1v) is 7.03. The lowest BCUT2D eigenvalue weighted by Crippen LogP contribution is -2.19. The first-order valence-electron chi connectivity index (χ1n) is 6.65. The van der Waals surface area contributed by atoms with Gasteiger partial charge in [-0.15, -0.1) is 0 Å². The maximum absolute atomic E-state index is 11.9. The number of benzene rings is 2. The van der Waals surface area contributed by atoms with Crippen LogP contribution in [0.2, 0.25) is 5.02 Å². The second-order valence-corrected chi connectivity index (χ2v) is 4.93. The molecule has 0 unspecified atom stereocenters. The molecule has 0 heterocycles. The highest BCUT2D eigenvalue weighted by Crippen LogP contribution is 2.20. The lowest BCUT2D eigenvalue weighted by molar-refractivity contribution is 0.262. The molecule has 0 aromatic heterocycles. The Hall–Kier alpha value is -2.20. The zero-order valence-corrected chi connectivity index (χ0v) is 12.7. The van der Waals surface area contributed by atoms with E-state index in [0.717, 1.165) is 17.0 Å². The van der Waals surface area contributed by atoms with Crippen molar-refractivity contribution in [2.45, 2.75) is 13.8 Å². The fourth-order valence-corrected chi connectivity index (χ4v) is 2.08. The molecule has 0 atom stereocenters. The molecule has 21 heavy (non-hydrogen) atoms. The van der Waals surface area contributed by atoms with Crippen LogP contribution in [0.4, 0.5) is 16.2 Å². The summed E-state index contributed by atoms with van der Waals surface area (Å²) < 4.78 is 5.35. The Morgan fingerprint density at radius 3 is 2.48 bits per heavy atom. The Morgan fingerprint density at radius 1 is 1.14 bits per heavy atom. The number of anilines is 2. The van der Waals surface area contributed by atoms with Crippen LogP contribution in [0.15, 0.2) is 42.5 Å². The van der Waals surface area contributed by atoms with E-state index in [1.54, 1.807) is 30.3 Å². The quantitative estimate of drug-likeness (QED) is 0.861. The van der Waals surface area contributed by atoms with Crippen molar-refractivity contribution in [1.82, 2.24) is 0 Å². The van der Waals surface area contributed by atoms with Crippen LogP contribution in [0.1, 0.15) is 12.5 Å². The molecule has 0 saturated carbocycles. The third kappa shape index (κ3) is 4.39. The minimum absolute atomic E-state index is 0.301. The molecular weight excluding hydrogens is 288 g/mol. The van der Waals surface area contributed by atoms with E-state index in [0.29, 0.717) is 17.3 Å². The van der Waals surface area contributed by atoms with Gasteiger partial charge in [0, 0.05) is 16.4 Å². The fraction of sp³-hybridized carbons (Fsp3) is 0.188. The Labute approximate surface area is 129 Å². The summed E-state index contributed by atoms with van der Waals surface area (Å²) in [5.41, 5.74) is 2.33. The van der Waals surface area contributed by atoms with Crippen molar-refractivity contribution in [1.29, 1.82) is 0 Å². The number of amides is 2. The highest BCUT2D eigenvalue weighted by molar-refractivity contribution is 6.30. The molecular formula is C16H17ClN2O2. The number of urea groups is 1. The zero-order valence-electron chi connectivity index (χ0n) is 11.9. The number of carbonyl (C=O) groups excluding carboxylic acids is 1. The van der Waals surface area contributed by atoms with Crippen LogP contribution in [0, 0.1) is 6.92 Å². The Bertz CT molecular complexity index is 627. The maximum Gasteiger partial charge on any atom is 0.323 e. The van der Waals surface area contributed by atoms with E-state index < -0.39 is 0 Å². The van der Waals surface area contributed by atoms with Gasteiger partial charge in [-0.1, -0.05) is 11.6 Å². The molecule has 0 aliphatic carbocycles. The van der Waals surface area contributed by atoms with Gasteiger partial charge in [0.25, 0.3) is 0 Å². The van der Waals surface area contributed by atoms with Gasteiger partial charge in [-0.2, -0.15) is 0 Å². The molecule has 110 valence electrons. The van der Waals surface area contributed by atoms with E-state index in [1.807, 2.05) is 26.0 Å². The molecule has 2 rings (SSSR count). The summed E-state index contributed by atoms with van der Waals surface area (Å²) in [7, 11) is 0. The SMILES string of the molecule is CCOc1ccc(NC(=O)Nc2ccc(Cl)cc2C)cc1. The number of rotatable bonds is 4. The number of hydrogen-bond donors (Lipinski definition) is 2. The van der Waals surface area contributed by atoms with Crippen molar-refractivity contribution < 1.29 is 9.53 Å². The third-order valence-corrected chi connectivity index (χ3v) is 3.09. The minimum atomic E-state index is -0.301. The van der Waals surface area contributed by atoms with Crippen LogP contribution >= 0.6 is 11.6 Å². The largest absolute Gasteiger partial charge is 0.494 e. The van der Waals surface area contributed by atoms with Crippen molar-refractivity contribution in [3.05, 3.63) is 53.1 Å². The van der Waals surface area contributed by atoms with Gasteiger partial charge in [0.05, 0.1) is 6.61 Å². The summed E-state index contributed by atoms with van der Waals surface area (Å²) in [4.78, 5) is 11.9. The third-order valence-electron chi connectivity index (χ3n) is 2.86. The lowest BCUT2D eigenvalue weighted by atomic mass is 10.2. The highest BCUT2D eigenvalue weighted by atomic mass is 35.5. The molecule has 2 N–H and O–H groups in total. The van der Waals surface area contributed by atoms with Crippen LogP contribution in [0.3, 0.4) is 0 Å². The Kier molecular flexibility index (Phi) is 5.06. The zero-order chi connectivity index (χ0) is 15.2. The molecule has 2 amide bonds. The van der Waals surface area contributed by atoms with Crippen molar-refractivity contribution in [3.63, 3.8) is 0 Å². The van der Waals surface area contributed by atoms with E-state index in [1.165, 1.54) is 0 Å². The second-order valence-electron chi connectivity index (χ2n) is 4.50. The second kappa shape index (κ2) is 6.99. The topological polar surface area (TPSA) is 50.4 Å². The summed E-state index contributed by atoms with van der Waals surface area (Å²) in [6.45, 7) is 4.43. The molecule has 5 heteroatoms. The molecule has 0 bridgehead atoms. The van der Waals surface area contributed by atoms with Crippen molar-refractivity contribution in [3.8, 4) is 5.75 Å². The van der Waals surface area contributed by atoms with Crippen LogP contribution < -0.4 is 15.4 Å². The number of hydrogen-bond acceptors (Lipinski definition) is 2. The minimum Gasteiger partial charge on any atom is -0.494 e. The summed E-state index contributed by atoms with van der Waals surface area (Å²) in [6.07, 6.45) is 0. The van der Waals surface area contributed by atoms with Gasteiger partial charge in [0.1, 0.15) is 5.75 Å². The van der Waals surface area contributed by atoms with Crippen LogP contribution in [0.5, 0.6) is 5.75 Å². The number of aryl methyl sites for hydroxylation is 1. The van der Waals surface area contributed by atoms with E-state index >= 15 is 0 Å². The van der Waals surface area contributed by atoms with Crippen LogP contribution in [-0.2, 0) is 0 Å². The van der Waals surface area contributed by atoms with Gasteiger partial charge in [-0.3, -0.25) is 0 Å². The predicted molar refractivity (Wildman–Crippen MR) is 86.4 cm³/mol. The monoisotopic (exact) mass is 304 g/mol.